The minimum atomic E-state index is -0.355. The Morgan fingerprint density at radius 3 is 2.57 bits per heavy atom. The average Bonchev–Trinajstić information content (AvgIpc) is 2.99. The second kappa shape index (κ2) is 6.82. The van der Waals surface area contributed by atoms with Crippen LogP contribution in [0.1, 0.15) is 28.3 Å². The van der Waals surface area contributed by atoms with Gasteiger partial charge in [0.1, 0.15) is 0 Å². The third-order valence-corrected chi connectivity index (χ3v) is 3.94. The van der Waals surface area contributed by atoms with Gasteiger partial charge in [-0.25, -0.2) is 0 Å². The number of anilines is 1. The molecule has 0 spiro atoms. The molecule has 124 valence electrons. The summed E-state index contributed by atoms with van der Waals surface area (Å²) in [4.78, 5) is 23.8. The molecule has 23 heavy (non-hydrogen) atoms. The highest BCUT2D eigenvalue weighted by Crippen LogP contribution is 2.19. The Kier molecular flexibility index (Phi) is 5.05. The zero-order valence-electron chi connectivity index (χ0n) is 13.5. The SMILES string of the molecule is CNC(=O)c1nn(C)cc1NC(=O)CCn1nc(C)c(Cl)c1C. The Morgan fingerprint density at radius 1 is 1.30 bits per heavy atom. The lowest BCUT2D eigenvalue weighted by Gasteiger charge is -2.06. The van der Waals surface area contributed by atoms with Crippen LogP contribution in [0.3, 0.4) is 0 Å². The third kappa shape index (κ3) is 3.70. The Balaban J connectivity index is 2.03. The van der Waals surface area contributed by atoms with Gasteiger partial charge in [-0.15, -0.1) is 0 Å². The fraction of sp³-hybridized carbons (Fsp3) is 0.429. The van der Waals surface area contributed by atoms with Crippen LogP contribution in [0, 0.1) is 13.8 Å². The van der Waals surface area contributed by atoms with Crippen molar-refractivity contribution in [3.8, 4) is 0 Å². The average molecular weight is 339 g/mol. The first-order chi connectivity index (χ1) is 10.8. The molecule has 0 atom stereocenters. The van der Waals surface area contributed by atoms with E-state index in [4.69, 9.17) is 11.6 Å². The highest BCUT2D eigenvalue weighted by molar-refractivity contribution is 6.31. The molecule has 2 N–H and O–H groups in total. The van der Waals surface area contributed by atoms with Gasteiger partial charge in [0, 0.05) is 26.7 Å². The van der Waals surface area contributed by atoms with Crippen LogP contribution in [0.4, 0.5) is 5.69 Å². The molecule has 8 nitrogen and oxygen atoms in total. The van der Waals surface area contributed by atoms with Crippen LogP contribution < -0.4 is 10.6 Å². The zero-order valence-corrected chi connectivity index (χ0v) is 14.2. The highest BCUT2D eigenvalue weighted by atomic mass is 35.5. The van der Waals surface area contributed by atoms with Gasteiger partial charge in [-0.1, -0.05) is 11.6 Å². The lowest BCUT2D eigenvalue weighted by molar-refractivity contribution is -0.116. The number of rotatable bonds is 5. The van der Waals surface area contributed by atoms with Crippen LogP contribution in [0.5, 0.6) is 0 Å². The molecule has 0 aliphatic carbocycles. The number of carbonyl (C=O) groups excluding carboxylic acids is 2. The van der Waals surface area contributed by atoms with Crippen molar-refractivity contribution in [2.24, 2.45) is 7.05 Å². The molecule has 0 fully saturated rings. The molecule has 0 aromatic carbocycles. The number of carbonyl (C=O) groups is 2. The number of halogens is 1. The molecule has 2 aromatic rings. The van der Waals surface area contributed by atoms with Crippen LogP contribution in [0.25, 0.3) is 0 Å². The van der Waals surface area contributed by atoms with Gasteiger partial charge in [0.25, 0.3) is 5.91 Å². The number of nitrogens with zero attached hydrogens (tertiary/aromatic N) is 4. The predicted molar refractivity (Wildman–Crippen MR) is 86.6 cm³/mol. The van der Waals surface area contributed by atoms with E-state index >= 15 is 0 Å². The van der Waals surface area contributed by atoms with E-state index in [1.165, 1.54) is 11.7 Å². The largest absolute Gasteiger partial charge is 0.354 e. The fourth-order valence-electron chi connectivity index (χ4n) is 2.18. The summed E-state index contributed by atoms with van der Waals surface area (Å²) in [6.07, 6.45) is 1.79. The van der Waals surface area contributed by atoms with Gasteiger partial charge in [-0.2, -0.15) is 10.2 Å². The van der Waals surface area contributed by atoms with Crippen molar-refractivity contribution in [1.82, 2.24) is 24.9 Å². The maximum Gasteiger partial charge on any atom is 0.273 e. The molecule has 0 aliphatic rings. The third-order valence-electron chi connectivity index (χ3n) is 3.39. The summed E-state index contributed by atoms with van der Waals surface area (Å²) in [6.45, 7) is 4.07. The smallest absolute Gasteiger partial charge is 0.273 e. The highest BCUT2D eigenvalue weighted by Gasteiger charge is 2.17. The Labute approximate surface area is 138 Å². The molecule has 0 bridgehead atoms. The van der Waals surface area contributed by atoms with Crippen molar-refractivity contribution in [2.45, 2.75) is 26.8 Å². The molecule has 2 amide bonds. The van der Waals surface area contributed by atoms with Crippen molar-refractivity contribution >= 4 is 29.1 Å². The van der Waals surface area contributed by atoms with Crippen molar-refractivity contribution in [2.75, 3.05) is 12.4 Å². The molecule has 9 heteroatoms. The Morgan fingerprint density at radius 2 is 2.00 bits per heavy atom. The molecule has 0 saturated carbocycles. The minimum Gasteiger partial charge on any atom is -0.354 e. The zero-order chi connectivity index (χ0) is 17.1. The predicted octanol–water partition coefficient (Wildman–Crippen LogP) is 1.28. The van der Waals surface area contributed by atoms with Crippen LogP contribution in [-0.4, -0.2) is 38.4 Å². The maximum atomic E-state index is 12.1. The normalized spacial score (nSPS) is 10.7. The minimum absolute atomic E-state index is 0.178. The summed E-state index contributed by atoms with van der Waals surface area (Å²) < 4.78 is 3.17. The molecule has 0 aliphatic heterocycles. The summed E-state index contributed by atoms with van der Waals surface area (Å²) in [6, 6.07) is 0. The fourth-order valence-corrected chi connectivity index (χ4v) is 2.31. The summed E-state index contributed by atoms with van der Waals surface area (Å²) in [5, 5.41) is 14.1. The van der Waals surface area contributed by atoms with E-state index < -0.39 is 0 Å². The van der Waals surface area contributed by atoms with Gasteiger partial charge >= 0.3 is 0 Å². The molecule has 2 rings (SSSR count). The van der Waals surface area contributed by atoms with E-state index in [2.05, 4.69) is 20.8 Å². The maximum absolute atomic E-state index is 12.1. The molecular weight excluding hydrogens is 320 g/mol. The second-order valence-corrected chi connectivity index (χ2v) is 5.53. The topological polar surface area (TPSA) is 93.8 Å². The van der Waals surface area contributed by atoms with E-state index in [9.17, 15) is 9.59 Å². The van der Waals surface area contributed by atoms with E-state index in [1.54, 1.807) is 17.9 Å². The first kappa shape index (κ1) is 17.0. The first-order valence-corrected chi connectivity index (χ1v) is 7.46. The van der Waals surface area contributed by atoms with Crippen molar-refractivity contribution in [3.05, 3.63) is 28.3 Å². The second-order valence-electron chi connectivity index (χ2n) is 5.15. The lowest BCUT2D eigenvalue weighted by atomic mass is 10.3. The molecule has 0 radical (unpaired) electrons. The molecule has 0 unspecified atom stereocenters. The summed E-state index contributed by atoms with van der Waals surface area (Å²) in [5.74, 6) is -0.585. The van der Waals surface area contributed by atoms with Crippen LogP contribution in [0.2, 0.25) is 5.02 Å². The van der Waals surface area contributed by atoms with Crippen molar-refractivity contribution in [1.29, 1.82) is 0 Å². The Hall–Kier alpha value is -2.35. The van der Waals surface area contributed by atoms with Crippen LogP contribution in [-0.2, 0) is 18.4 Å². The molecule has 2 aromatic heterocycles. The number of amides is 2. The molecule has 2 heterocycles. The van der Waals surface area contributed by atoms with E-state index in [0.717, 1.165) is 11.4 Å². The van der Waals surface area contributed by atoms with E-state index in [0.29, 0.717) is 17.3 Å². The summed E-state index contributed by atoms with van der Waals surface area (Å²) in [7, 11) is 3.19. The van der Waals surface area contributed by atoms with Gasteiger partial charge < -0.3 is 10.6 Å². The van der Waals surface area contributed by atoms with Gasteiger partial charge in [0.2, 0.25) is 5.91 Å². The number of hydrogen-bond donors (Lipinski definition) is 2. The number of aromatic nitrogens is 4. The van der Waals surface area contributed by atoms with Crippen molar-refractivity contribution < 1.29 is 9.59 Å². The van der Waals surface area contributed by atoms with Gasteiger partial charge in [0.15, 0.2) is 5.69 Å². The lowest BCUT2D eigenvalue weighted by Crippen LogP contribution is -2.22. The van der Waals surface area contributed by atoms with Crippen LogP contribution >= 0.6 is 11.6 Å². The number of aryl methyl sites for hydroxylation is 3. The van der Waals surface area contributed by atoms with Gasteiger partial charge in [-0.05, 0) is 13.8 Å². The number of hydrogen-bond acceptors (Lipinski definition) is 4. The molecular formula is C14H19ClN6O2. The Bertz CT molecular complexity index is 749. The van der Waals surface area contributed by atoms with Crippen molar-refractivity contribution in [3.63, 3.8) is 0 Å². The summed E-state index contributed by atoms with van der Waals surface area (Å²) >= 11 is 6.08. The van der Waals surface area contributed by atoms with Crippen LogP contribution in [0.15, 0.2) is 6.20 Å². The first-order valence-electron chi connectivity index (χ1n) is 7.08. The van der Waals surface area contributed by atoms with E-state index in [1.807, 2.05) is 13.8 Å². The quantitative estimate of drug-likeness (QED) is 0.858. The van der Waals surface area contributed by atoms with E-state index in [-0.39, 0.29) is 23.9 Å². The molecule has 0 saturated heterocycles. The van der Waals surface area contributed by atoms with Gasteiger partial charge in [-0.3, -0.25) is 19.0 Å². The standard InChI is InChI=1S/C14H19ClN6O2/c1-8-12(15)9(2)21(18-8)6-5-11(22)17-10-7-20(4)19-13(10)14(23)16-3/h7H,5-6H2,1-4H3,(H,16,23)(H,17,22). The number of nitrogens with one attached hydrogen (secondary N) is 2. The van der Waals surface area contributed by atoms with Gasteiger partial charge in [0.05, 0.1) is 28.6 Å². The monoisotopic (exact) mass is 338 g/mol. The summed E-state index contributed by atoms with van der Waals surface area (Å²) in [5.41, 5.74) is 2.11.